The number of anilines is 1. The Balaban J connectivity index is 1.55. The first-order valence-electron chi connectivity index (χ1n) is 14.0. The van der Waals surface area contributed by atoms with Gasteiger partial charge in [0.15, 0.2) is 5.76 Å². The predicted molar refractivity (Wildman–Crippen MR) is 158 cm³/mol. The first kappa shape index (κ1) is 37.2. The minimum Gasteiger partial charge on any atom is -0.478 e. The van der Waals surface area contributed by atoms with E-state index in [9.17, 15) is 60.2 Å². The van der Waals surface area contributed by atoms with E-state index in [1.807, 2.05) is 5.43 Å². The average Bonchev–Trinajstić information content (AvgIpc) is 3.63. The van der Waals surface area contributed by atoms with Crippen molar-refractivity contribution in [2.45, 2.75) is 24.6 Å². The van der Waals surface area contributed by atoms with Crippen molar-refractivity contribution < 1.29 is 74.1 Å². The van der Waals surface area contributed by atoms with Gasteiger partial charge in [0.2, 0.25) is 12.2 Å². The Morgan fingerprint density at radius 2 is 1.16 bits per heavy atom. The van der Waals surface area contributed by atoms with Crippen molar-refractivity contribution >= 4 is 41.3 Å². The second-order valence-electron chi connectivity index (χ2n) is 10.1. The van der Waals surface area contributed by atoms with Gasteiger partial charge >= 0.3 is 30.3 Å². The standard InChI is InChI=1S/C32H21F6N3O10/c33-31(34,35)19-6-1-4-17(14-19)29(47)50-23(24(28(45)46)51-30(48)18-5-2-7-20(15-18)32(36,37)38)27(44)41-40-25(42)16-9-11-21(12-10-16)39-26(43)22-8-3-13-49-22/h1-15,23-24H,(H,39,43)(H,40,42)(H,41,44)(H,45,46)/t23-,24-/m0/s1. The molecule has 3 aromatic carbocycles. The molecule has 0 saturated heterocycles. The van der Waals surface area contributed by atoms with Gasteiger partial charge in [-0.3, -0.25) is 25.2 Å². The number of hydrogen-bond acceptors (Lipinski definition) is 9. The van der Waals surface area contributed by atoms with Crippen molar-refractivity contribution in [2.75, 3.05) is 5.32 Å². The fourth-order valence-corrected chi connectivity index (χ4v) is 4.07. The molecule has 0 aliphatic carbocycles. The molecule has 0 aliphatic heterocycles. The summed E-state index contributed by atoms with van der Waals surface area (Å²) in [6.45, 7) is 0. The molecule has 4 N–H and O–H groups in total. The highest BCUT2D eigenvalue weighted by molar-refractivity contribution is 6.03. The average molecular weight is 722 g/mol. The van der Waals surface area contributed by atoms with E-state index < -0.39 is 82.4 Å². The molecule has 13 nitrogen and oxygen atoms in total. The van der Waals surface area contributed by atoms with Gasteiger partial charge in [-0.25, -0.2) is 14.4 Å². The lowest BCUT2D eigenvalue weighted by molar-refractivity contribution is -0.159. The molecule has 0 radical (unpaired) electrons. The molecule has 0 fully saturated rings. The molecular weight excluding hydrogens is 700 g/mol. The number of benzene rings is 3. The fourth-order valence-electron chi connectivity index (χ4n) is 4.07. The zero-order chi connectivity index (χ0) is 37.5. The van der Waals surface area contributed by atoms with Crippen LogP contribution in [0.4, 0.5) is 32.0 Å². The van der Waals surface area contributed by atoms with Crippen molar-refractivity contribution in [3.8, 4) is 0 Å². The smallest absolute Gasteiger partial charge is 0.416 e. The van der Waals surface area contributed by atoms with Crippen molar-refractivity contribution in [3.05, 3.63) is 125 Å². The number of hydrogen-bond donors (Lipinski definition) is 4. The van der Waals surface area contributed by atoms with Crippen LogP contribution in [0, 0.1) is 0 Å². The van der Waals surface area contributed by atoms with Gasteiger partial charge in [-0.2, -0.15) is 26.3 Å². The Morgan fingerprint density at radius 1 is 0.627 bits per heavy atom. The largest absolute Gasteiger partial charge is 0.478 e. The first-order valence-corrected chi connectivity index (χ1v) is 14.0. The van der Waals surface area contributed by atoms with Crippen LogP contribution in [0.25, 0.3) is 0 Å². The molecule has 3 amide bonds. The topological polar surface area (TPSA) is 190 Å². The van der Waals surface area contributed by atoms with Crippen LogP contribution in [0.1, 0.15) is 52.8 Å². The van der Waals surface area contributed by atoms with Gasteiger partial charge in [0.1, 0.15) is 0 Å². The molecule has 1 aromatic heterocycles. The summed E-state index contributed by atoms with van der Waals surface area (Å²) in [4.78, 5) is 75.8. The van der Waals surface area contributed by atoms with Gasteiger partial charge < -0.3 is 24.3 Å². The molecule has 0 bridgehead atoms. The number of furan rings is 1. The Kier molecular flexibility index (Phi) is 11.1. The maximum Gasteiger partial charge on any atom is 0.416 e. The number of carbonyl (C=O) groups is 6. The first-order chi connectivity index (χ1) is 23.9. The van der Waals surface area contributed by atoms with Crippen LogP contribution < -0.4 is 16.2 Å². The molecule has 266 valence electrons. The summed E-state index contributed by atoms with van der Waals surface area (Å²) < 4.78 is 93.8. The van der Waals surface area contributed by atoms with E-state index >= 15 is 0 Å². The predicted octanol–water partition coefficient (Wildman–Crippen LogP) is 4.87. The zero-order valence-corrected chi connectivity index (χ0v) is 25.2. The third kappa shape index (κ3) is 9.71. The number of hydrazine groups is 1. The number of carboxylic acid groups (broad SMARTS) is 1. The number of alkyl halides is 6. The number of esters is 2. The summed E-state index contributed by atoms with van der Waals surface area (Å²) in [5.41, 5.74) is -0.673. The lowest BCUT2D eigenvalue weighted by Gasteiger charge is -2.24. The summed E-state index contributed by atoms with van der Waals surface area (Å²) in [5.74, 6) is -9.03. The molecular formula is C32H21F6N3O10. The van der Waals surface area contributed by atoms with Crippen LogP contribution >= 0.6 is 0 Å². The number of rotatable bonds is 10. The Labute approximate surface area is 281 Å². The van der Waals surface area contributed by atoms with Crippen LogP contribution in [0.2, 0.25) is 0 Å². The summed E-state index contributed by atoms with van der Waals surface area (Å²) in [6.07, 6.45) is -14.2. The lowest BCUT2D eigenvalue weighted by Crippen LogP contribution is -2.54. The molecule has 51 heavy (non-hydrogen) atoms. The number of carbonyl (C=O) groups excluding carboxylic acids is 5. The molecule has 19 heteroatoms. The Hall–Kier alpha value is -6.66. The van der Waals surface area contributed by atoms with Crippen molar-refractivity contribution in [3.63, 3.8) is 0 Å². The second kappa shape index (κ2) is 15.3. The van der Waals surface area contributed by atoms with Gasteiger partial charge in [0.25, 0.3) is 17.7 Å². The van der Waals surface area contributed by atoms with Gasteiger partial charge in [0.05, 0.1) is 28.5 Å². The fraction of sp³-hybridized carbons (Fsp3) is 0.125. The van der Waals surface area contributed by atoms with Gasteiger partial charge in [-0.1, -0.05) is 12.1 Å². The number of carboxylic acids is 1. The van der Waals surface area contributed by atoms with Crippen molar-refractivity contribution in [2.24, 2.45) is 0 Å². The maximum absolute atomic E-state index is 13.2. The summed E-state index contributed by atoms with van der Waals surface area (Å²) in [7, 11) is 0. The highest BCUT2D eigenvalue weighted by Crippen LogP contribution is 2.31. The number of aliphatic carboxylic acids is 1. The monoisotopic (exact) mass is 721 g/mol. The zero-order valence-electron chi connectivity index (χ0n) is 25.2. The molecule has 0 saturated carbocycles. The maximum atomic E-state index is 13.2. The van der Waals surface area contributed by atoms with Crippen LogP contribution in [-0.4, -0.2) is 52.9 Å². The number of amides is 3. The molecule has 0 spiro atoms. The number of ether oxygens (including phenoxy) is 2. The Bertz CT molecular complexity index is 1940. The molecule has 0 unspecified atom stereocenters. The van der Waals surface area contributed by atoms with Crippen LogP contribution in [0.3, 0.4) is 0 Å². The van der Waals surface area contributed by atoms with Crippen LogP contribution in [0.5, 0.6) is 0 Å². The number of nitrogens with one attached hydrogen (secondary N) is 3. The minimum absolute atomic E-state index is 0.0111. The quantitative estimate of drug-likeness (QED) is 0.0999. The van der Waals surface area contributed by atoms with Gasteiger partial charge in [0, 0.05) is 11.3 Å². The third-order valence-electron chi connectivity index (χ3n) is 6.55. The van der Waals surface area contributed by atoms with Crippen LogP contribution in [-0.2, 0) is 31.4 Å². The van der Waals surface area contributed by atoms with Crippen LogP contribution in [0.15, 0.2) is 95.6 Å². The van der Waals surface area contributed by atoms with Crippen molar-refractivity contribution in [1.29, 1.82) is 0 Å². The minimum atomic E-state index is -4.94. The second-order valence-corrected chi connectivity index (χ2v) is 10.1. The molecule has 4 rings (SSSR count). The van der Waals surface area contributed by atoms with Gasteiger partial charge in [-0.15, -0.1) is 0 Å². The third-order valence-corrected chi connectivity index (χ3v) is 6.55. The van der Waals surface area contributed by atoms with E-state index in [-0.39, 0.29) is 17.0 Å². The van der Waals surface area contributed by atoms with E-state index in [4.69, 9.17) is 13.9 Å². The molecule has 0 aliphatic rings. The summed E-state index contributed by atoms with van der Waals surface area (Å²) in [6, 6.07) is 12.8. The molecule has 1 heterocycles. The summed E-state index contributed by atoms with van der Waals surface area (Å²) >= 11 is 0. The van der Waals surface area contributed by atoms with E-state index in [0.29, 0.717) is 24.3 Å². The highest BCUT2D eigenvalue weighted by Gasteiger charge is 2.42. The van der Waals surface area contributed by atoms with E-state index in [0.717, 1.165) is 24.3 Å². The Morgan fingerprint density at radius 3 is 1.63 bits per heavy atom. The van der Waals surface area contributed by atoms with E-state index in [2.05, 4.69) is 5.32 Å². The molecule has 4 aromatic rings. The summed E-state index contributed by atoms with van der Waals surface area (Å²) in [5, 5.41) is 12.3. The van der Waals surface area contributed by atoms with E-state index in [1.165, 1.54) is 42.7 Å². The van der Waals surface area contributed by atoms with Crippen molar-refractivity contribution in [1.82, 2.24) is 10.9 Å². The number of halogens is 6. The normalized spacial score (nSPS) is 12.5. The SMILES string of the molecule is O=C(NNC(=O)[C@@H](OC(=O)c1cccc(C(F)(F)F)c1)[C@H](OC(=O)c1cccc(C(F)(F)F)c1)C(=O)O)c1ccc(NC(=O)c2ccco2)cc1. The lowest BCUT2D eigenvalue weighted by atomic mass is 10.1. The molecule has 2 atom stereocenters. The highest BCUT2D eigenvalue weighted by atomic mass is 19.4. The van der Waals surface area contributed by atoms with Gasteiger partial charge in [-0.05, 0) is 72.8 Å². The van der Waals surface area contributed by atoms with E-state index in [1.54, 1.807) is 5.43 Å².